The molecule has 3 nitrogen and oxygen atoms in total. The van der Waals surface area contributed by atoms with Gasteiger partial charge in [-0.25, -0.2) is 0 Å². The van der Waals surface area contributed by atoms with Crippen molar-refractivity contribution in [3.63, 3.8) is 0 Å². The fourth-order valence-corrected chi connectivity index (χ4v) is 1.59. The van der Waals surface area contributed by atoms with Gasteiger partial charge in [-0.2, -0.15) is 0 Å². The predicted molar refractivity (Wildman–Crippen MR) is 63.5 cm³/mol. The second-order valence-electron chi connectivity index (χ2n) is 3.28. The van der Waals surface area contributed by atoms with Crippen LogP contribution < -0.4 is 5.73 Å². The average molecular weight is 233 g/mol. The second-order valence-corrected chi connectivity index (χ2v) is 3.66. The van der Waals surface area contributed by atoms with Crippen LogP contribution in [-0.2, 0) is 0 Å². The van der Waals surface area contributed by atoms with Gasteiger partial charge in [-0.3, -0.25) is 9.78 Å². The minimum atomic E-state index is -0.176. The van der Waals surface area contributed by atoms with Crippen molar-refractivity contribution >= 4 is 23.1 Å². The standard InChI is InChI=1S/C12H9ClN2O/c13-11-9(4-1-5-10(11)14)12(16)8-3-2-6-15-7-8/h1-7H,14H2. The van der Waals surface area contributed by atoms with Gasteiger partial charge in [-0.05, 0) is 24.3 Å². The lowest BCUT2D eigenvalue weighted by molar-refractivity contribution is 0.103. The Bertz CT molecular complexity index is 526. The van der Waals surface area contributed by atoms with Gasteiger partial charge in [0.2, 0.25) is 0 Å². The molecule has 0 saturated carbocycles. The fourth-order valence-electron chi connectivity index (χ4n) is 1.38. The number of carbonyl (C=O) groups excluding carboxylic acids is 1. The SMILES string of the molecule is Nc1cccc(C(=O)c2cccnc2)c1Cl. The molecular weight excluding hydrogens is 224 g/mol. The zero-order valence-electron chi connectivity index (χ0n) is 8.35. The first-order valence-corrected chi connectivity index (χ1v) is 5.06. The molecule has 0 unspecified atom stereocenters. The highest BCUT2D eigenvalue weighted by Crippen LogP contribution is 2.24. The fraction of sp³-hybridized carbons (Fsp3) is 0. The molecule has 2 aromatic rings. The van der Waals surface area contributed by atoms with Crippen LogP contribution in [0, 0.1) is 0 Å². The normalized spacial score (nSPS) is 10.1. The van der Waals surface area contributed by atoms with Crippen LogP contribution >= 0.6 is 11.6 Å². The molecule has 1 aromatic heterocycles. The minimum absolute atomic E-state index is 0.176. The van der Waals surface area contributed by atoms with Gasteiger partial charge in [-0.15, -0.1) is 0 Å². The molecule has 16 heavy (non-hydrogen) atoms. The number of nitrogen functional groups attached to an aromatic ring is 1. The highest BCUT2D eigenvalue weighted by atomic mass is 35.5. The van der Waals surface area contributed by atoms with E-state index in [1.165, 1.54) is 6.20 Å². The zero-order chi connectivity index (χ0) is 11.5. The summed E-state index contributed by atoms with van der Waals surface area (Å²) < 4.78 is 0. The summed E-state index contributed by atoms with van der Waals surface area (Å²) in [4.78, 5) is 15.9. The molecule has 0 amide bonds. The minimum Gasteiger partial charge on any atom is -0.398 e. The molecule has 0 radical (unpaired) electrons. The summed E-state index contributed by atoms with van der Waals surface area (Å²) in [5.41, 5.74) is 6.93. The maximum Gasteiger partial charge on any atom is 0.196 e. The Morgan fingerprint density at radius 2 is 2.06 bits per heavy atom. The molecule has 0 saturated heterocycles. The summed E-state index contributed by atoms with van der Waals surface area (Å²) in [5, 5.41) is 0.288. The first kappa shape index (κ1) is 10.6. The van der Waals surface area contributed by atoms with Gasteiger partial charge in [0.05, 0.1) is 10.7 Å². The third-order valence-corrected chi connectivity index (χ3v) is 2.62. The van der Waals surface area contributed by atoms with E-state index in [-0.39, 0.29) is 10.8 Å². The largest absolute Gasteiger partial charge is 0.398 e. The smallest absolute Gasteiger partial charge is 0.196 e. The molecule has 80 valence electrons. The number of hydrogen-bond acceptors (Lipinski definition) is 3. The van der Waals surface area contributed by atoms with Gasteiger partial charge >= 0.3 is 0 Å². The van der Waals surface area contributed by atoms with Crippen molar-refractivity contribution < 1.29 is 4.79 Å². The van der Waals surface area contributed by atoms with Crippen LogP contribution in [0.3, 0.4) is 0 Å². The van der Waals surface area contributed by atoms with E-state index >= 15 is 0 Å². The van der Waals surface area contributed by atoms with Crippen LogP contribution in [0.25, 0.3) is 0 Å². The Morgan fingerprint density at radius 1 is 1.25 bits per heavy atom. The third kappa shape index (κ3) is 1.90. The molecule has 0 bridgehead atoms. The number of nitrogens with two attached hydrogens (primary N) is 1. The zero-order valence-corrected chi connectivity index (χ0v) is 9.11. The third-order valence-electron chi connectivity index (χ3n) is 2.20. The van der Waals surface area contributed by atoms with Crippen molar-refractivity contribution in [3.8, 4) is 0 Å². The number of hydrogen-bond donors (Lipinski definition) is 1. The van der Waals surface area contributed by atoms with Gasteiger partial charge in [-0.1, -0.05) is 17.7 Å². The number of benzene rings is 1. The van der Waals surface area contributed by atoms with Gasteiger partial charge in [0, 0.05) is 23.5 Å². The van der Waals surface area contributed by atoms with Gasteiger partial charge in [0.1, 0.15) is 0 Å². The molecule has 0 aliphatic heterocycles. The van der Waals surface area contributed by atoms with Crippen molar-refractivity contribution in [1.29, 1.82) is 0 Å². The summed E-state index contributed by atoms with van der Waals surface area (Å²) in [5.74, 6) is -0.176. The number of aromatic nitrogens is 1. The summed E-state index contributed by atoms with van der Waals surface area (Å²) in [6, 6.07) is 8.39. The van der Waals surface area contributed by atoms with Crippen LogP contribution in [0.5, 0.6) is 0 Å². The van der Waals surface area contributed by atoms with E-state index in [9.17, 15) is 4.79 Å². The Hall–Kier alpha value is -1.87. The molecular formula is C12H9ClN2O. The number of rotatable bonds is 2. The van der Waals surface area contributed by atoms with E-state index in [2.05, 4.69) is 4.98 Å². The number of halogens is 1. The highest BCUT2D eigenvalue weighted by Gasteiger charge is 2.13. The lowest BCUT2D eigenvalue weighted by atomic mass is 10.0. The molecule has 0 fully saturated rings. The van der Waals surface area contributed by atoms with Gasteiger partial charge in [0.15, 0.2) is 5.78 Å². The average Bonchev–Trinajstić information content (AvgIpc) is 2.33. The number of anilines is 1. The molecule has 0 atom stereocenters. The monoisotopic (exact) mass is 232 g/mol. The molecule has 2 N–H and O–H groups in total. The molecule has 0 aliphatic carbocycles. The lowest BCUT2D eigenvalue weighted by Gasteiger charge is -2.05. The summed E-state index contributed by atoms with van der Waals surface area (Å²) in [6.45, 7) is 0. The molecule has 1 aromatic carbocycles. The first-order valence-electron chi connectivity index (χ1n) is 4.69. The quantitative estimate of drug-likeness (QED) is 0.640. The summed E-state index contributed by atoms with van der Waals surface area (Å²) >= 11 is 5.97. The van der Waals surface area contributed by atoms with Crippen molar-refractivity contribution in [2.45, 2.75) is 0 Å². The van der Waals surface area contributed by atoms with Crippen molar-refractivity contribution in [1.82, 2.24) is 4.98 Å². The van der Waals surface area contributed by atoms with Crippen LogP contribution in [0.2, 0.25) is 5.02 Å². The van der Waals surface area contributed by atoms with Crippen molar-refractivity contribution in [2.24, 2.45) is 0 Å². The summed E-state index contributed by atoms with van der Waals surface area (Å²) in [7, 11) is 0. The Morgan fingerprint density at radius 3 is 2.75 bits per heavy atom. The van der Waals surface area contributed by atoms with Crippen LogP contribution in [0.4, 0.5) is 5.69 Å². The topological polar surface area (TPSA) is 56.0 Å². The second kappa shape index (κ2) is 4.33. The highest BCUT2D eigenvalue weighted by molar-refractivity contribution is 6.37. The maximum absolute atomic E-state index is 12.0. The molecule has 0 aliphatic rings. The molecule has 1 heterocycles. The predicted octanol–water partition coefficient (Wildman–Crippen LogP) is 2.55. The first-order chi connectivity index (χ1) is 7.70. The van der Waals surface area contributed by atoms with E-state index in [0.717, 1.165) is 0 Å². The van der Waals surface area contributed by atoms with Crippen molar-refractivity contribution in [3.05, 3.63) is 58.9 Å². The molecule has 0 spiro atoms. The van der Waals surface area contributed by atoms with Crippen LogP contribution in [-0.4, -0.2) is 10.8 Å². The van der Waals surface area contributed by atoms with Crippen LogP contribution in [0.15, 0.2) is 42.7 Å². The van der Waals surface area contributed by atoms with Crippen LogP contribution in [0.1, 0.15) is 15.9 Å². The van der Waals surface area contributed by atoms with Gasteiger partial charge < -0.3 is 5.73 Å². The Labute approximate surface area is 97.9 Å². The maximum atomic E-state index is 12.0. The Balaban J connectivity index is 2.46. The molecule has 4 heteroatoms. The Kier molecular flexibility index (Phi) is 2.88. The number of ketones is 1. The number of nitrogens with zero attached hydrogens (tertiary/aromatic N) is 1. The lowest BCUT2D eigenvalue weighted by Crippen LogP contribution is -2.03. The number of carbonyl (C=O) groups is 1. The van der Waals surface area contributed by atoms with Crippen molar-refractivity contribution in [2.75, 3.05) is 5.73 Å². The number of pyridine rings is 1. The van der Waals surface area contributed by atoms with E-state index in [0.29, 0.717) is 16.8 Å². The van der Waals surface area contributed by atoms with Gasteiger partial charge in [0.25, 0.3) is 0 Å². The van der Waals surface area contributed by atoms with E-state index in [1.54, 1.807) is 36.5 Å². The summed E-state index contributed by atoms with van der Waals surface area (Å²) in [6.07, 6.45) is 3.11. The van der Waals surface area contributed by atoms with E-state index in [4.69, 9.17) is 17.3 Å². The molecule has 2 rings (SSSR count). The van der Waals surface area contributed by atoms with E-state index in [1.807, 2.05) is 0 Å². The van der Waals surface area contributed by atoms with E-state index < -0.39 is 0 Å².